The smallest absolute Gasteiger partial charge is 0.0560 e. The molecule has 306 valence electrons. The number of hydrogen-bond acceptors (Lipinski definition) is 2. The molecule has 8 aromatic carbocycles. The summed E-state index contributed by atoms with van der Waals surface area (Å²) < 4.78 is 0. The average molecular weight is 813 g/mol. The number of rotatable bonds is 14. The summed E-state index contributed by atoms with van der Waals surface area (Å²) in [6.45, 7) is 6.81. The van der Waals surface area contributed by atoms with Gasteiger partial charge in [-0.15, -0.1) is 0 Å². The highest BCUT2D eigenvalue weighted by atomic mass is 15.2. The number of allylic oxidation sites excluding steroid dienone is 5. The largest absolute Gasteiger partial charge is 0.334 e. The van der Waals surface area contributed by atoms with Crippen LogP contribution < -0.4 is 9.80 Å². The summed E-state index contributed by atoms with van der Waals surface area (Å²) in [6.07, 6.45) is 11.9. The van der Waals surface area contributed by atoms with E-state index in [4.69, 9.17) is 0 Å². The molecule has 1 aliphatic rings. The minimum absolute atomic E-state index is 0.169. The van der Waals surface area contributed by atoms with Crippen LogP contribution in [0.3, 0.4) is 0 Å². The third kappa shape index (κ3) is 9.47. The molecule has 1 atom stereocenters. The second kappa shape index (κ2) is 19.4. The van der Waals surface area contributed by atoms with E-state index in [9.17, 15) is 0 Å². The van der Waals surface area contributed by atoms with Crippen molar-refractivity contribution in [2.75, 3.05) is 9.80 Å². The zero-order chi connectivity index (χ0) is 42.8. The summed E-state index contributed by atoms with van der Waals surface area (Å²) in [6, 6.07) is 78.5. The number of anilines is 4. The quantitative estimate of drug-likeness (QED) is 0.108. The maximum Gasteiger partial charge on any atom is 0.0560 e. The average Bonchev–Trinajstić information content (AvgIpc) is 3.36. The molecule has 0 N–H and O–H groups in total. The van der Waals surface area contributed by atoms with E-state index < -0.39 is 0 Å². The number of nitrogens with zero attached hydrogens (tertiary/aromatic N) is 2. The molecule has 0 heterocycles. The summed E-state index contributed by atoms with van der Waals surface area (Å²) in [5.74, 6) is 0. The van der Waals surface area contributed by atoms with Gasteiger partial charge in [-0.3, -0.25) is 0 Å². The van der Waals surface area contributed by atoms with Gasteiger partial charge < -0.3 is 9.80 Å². The molecule has 0 spiro atoms. The molecule has 63 heavy (non-hydrogen) atoms. The van der Waals surface area contributed by atoms with Gasteiger partial charge in [-0.1, -0.05) is 201 Å². The summed E-state index contributed by atoms with van der Waals surface area (Å²) in [4.78, 5) is 4.79. The van der Waals surface area contributed by atoms with Gasteiger partial charge in [0.2, 0.25) is 0 Å². The molecular formula is C61H52N2. The van der Waals surface area contributed by atoms with E-state index in [0.717, 1.165) is 42.0 Å². The Morgan fingerprint density at radius 3 is 1.24 bits per heavy atom. The molecule has 0 radical (unpaired) electrons. The van der Waals surface area contributed by atoms with Crippen molar-refractivity contribution in [1.29, 1.82) is 0 Å². The van der Waals surface area contributed by atoms with Crippen LogP contribution in [0.15, 0.2) is 255 Å². The van der Waals surface area contributed by atoms with Crippen LogP contribution in [0.4, 0.5) is 22.7 Å². The van der Waals surface area contributed by atoms with E-state index in [1.165, 1.54) is 61.3 Å². The predicted octanol–water partition coefficient (Wildman–Crippen LogP) is 16.8. The molecule has 0 bridgehead atoms. The van der Waals surface area contributed by atoms with Gasteiger partial charge in [0.25, 0.3) is 0 Å². The first-order chi connectivity index (χ1) is 31.1. The fourth-order valence-corrected chi connectivity index (χ4v) is 8.69. The molecule has 2 heteroatoms. The van der Waals surface area contributed by atoms with E-state index in [1.54, 1.807) is 0 Å². The van der Waals surface area contributed by atoms with Crippen molar-refractivity contribution in [3.63, 3.8) is 0 Å². The molecule has 1 unspecified atom stereocenters. The molecular weight excluding hydrogens is 761 g/mol. The van der Waals surface area contributed by atoms with E-state index >= 15 is 0 Å². The molecule has 0 aliphatic heterocycles. The Bertz CT molecular complexity index is 2820. The van der Waals surface area contributed by atoms with Crippen LogP contribution in [0, 0.1) is 0 Å². The molecule has 9 rings (SSSR count). The number of benzene rings is 8. The molecule has 0 saturated carbocycles. The minimum Gasteiger partial charge on any atom is -0.334 e. The number of hydrogen-bond donors (Lipinski definition) is 0. The molecule has 0 amide bonds. The van der Waals surface area contributed by atoms with E-state index in [2.05, 4.69) is 266 Å². The van der Waals surface area contributed by atoms with Crippen LogP contribution in [0.25, 0.3) is 44.5 Å². The highest BCUT2D eigenvalue weighted by Gasteiger charge is 2.21. The molecule has 0 fully saturated rings. The third-order valence-electron chi connectivity index (χ3n) is 12.1. The molecule has 0 aromatic heterocycles. The fourth-order valence-electron chi connectivity index (χ4n) is 8.69. The zero-order valence-corrected chi connectivity index (χ0v) is 35.9. The van der Waals surface area contributed by atoms with Crippen LogP contribution in [-0.4, -0.2) is 6.04 Å². The standard InChI is InChI=1S/C61H52N2/c1-3-47(48-16-8-4-9-17-48)25-24-46(2)62(57-36-26-52(27-37-57)49-18-10-5-11-19-49)58-38-28-55(29-39-58)56-34-44-61(45-35-56)63(59-40-30-53(31-41-59)50-20-12-6-13-21-50)60-42-32-54(33-43-60)51-22-14-7-15-23-51/h3-23,26-42,44-45,60H,2,24-25,43H2,1H3/b47-3+. The second-order valence-electron chi connectivity index (χ2n) is 16.1. The van der Waals surface area contributed by atoms with Gasteiger partial charge in [0, 0.05) is 28.4 Å². The summed E-state index contributed by atoms with van der Waals surface area (Å²) >= 11 is 0. The maximum absolute atomic E-state index is 4.68. The van der Waals surface area contributed by atoms with Crippen LogP contribution >= 0.6 is 0 Å². The Kier molecular flexibility index (Phi) is 12.5. The van der Waals surface area contributed by atoms with Crippen LogP contribution in [0.1, 0.15) is 37.3 Å². The van der Waals surface area contributed by atoms with Crippen molar-refractivity contribution >= 4 is 33.9 Å². The fraction of sp³-hybridized carbons (Fsp3) is 0.0820. The lowest BCUT2D eigenvalue weighted by atomic mass is 9.95. The second-order valence-corrected chi connectivity index (χ2v) is 16.1. The van der Waals surface area contributed by atoms with Gasteiger partial charge in [0.1, 0.15) is 0 Å². The van der Waals surface area contributed by atoms with Gasteiger partial charge in [-0.05, 0) is 130 Å². The monoisotopic (exact) mass is 812 g/mol. The summed E-state index contributed by atoms with van der Waals surface area (Å²) in [5, 5.41) is 0. The normalized spacial score (nSPS) is 13.6. The lowest BCUT2D eigenvalue weighted by Gasteiger charge is -2.33. The van der Waals surface area contributed by atoms with Crippen LogP contribution in [0.2, 0.25) is 0 Å². The van der Waals surface area contributed by atoms with E-state index in [1.807, 2.05) is 0 Å². The summed E-state index contributed by atoms with van der Waals surface area (Å²) in [7, 11) is 0. The highest BCUT2D eigenvalue weighted by Crippen LogP contribution is 2.38. The minimum atomic E-state index is 0.169. The van der Waals surface area contributed by atoms with Crippen LogP contribution in [0.5, 0.6) is 0 Å². The van der Waals surface area contributed by atoms with Crippen molar-refractivity contribution in [1.82, 2.24) is 0 Å². The Morgan fingerprint density at radius 1 is 0.460 bits per heavy atom. The first kappa shape index (κ1) is 40.7. The Morgan fingerprint density at radius 2 is 0.841 bits per heavy atom. The SMILES string of the molecule is C=C(CC/C(=C\C)c1ccccc1)N(c1ccc(-c2ccccc2)cc1)c1ccc(-c2ccc(N(c3ccc(-c4ccccc4)cc3)C3C=CC(c4ccccc4)=CC3)cc2)cc1. The van der Waals surface area contributed by atoms with Crippen molar-refractivity contribution in [2.24, 2.45) is 0 Å². The maximum atomic E-state index is 4.68. The van der Waals surface area contributed by atoms with Gasteiger partial charge in [-0.2, -0.15) is 0 Å². The Hall–Kier alpha value is -7.68. The zero-order valence-electron chi connectivity index (χ0n) is 35.9. The van der Waals surface area contributed by atoms with Crippen molar-refractivity contribution < 1.29 is 0 Å². The van der Waals surface area contributed by atoms with E-state index in [0.29, 0.717) is 0 Å². The molecule has 8 aromatic rings. The first-order valence-electron chi connectivity index (χ1n) is 22.0. The molecule has 2 nitrogen and oxygen atoms in total. The van der Waals surface area contributed by atoms with Gasteiger partial charge >= 0.3 is 0 Å². The van der Waals surface area contributed by atoms with Gasteiger partial charge in [0.15, 0.2) is 0 Å². The van der Waals surface area contributed by atoms with Crippen molar-refractivity contribution in [3.8, 4) is 33.4 Å². The molecule has 1 aliphatic carbocycles. The van der Waals surface area contributed by atoms with Crippen molar-refractivity contribution in [3.05, 3.63) is 266 Å². The lowest BCUT2D eigenvalue weighted by Crippen LogP contribution is -2.30. The lowest BCUT2D eigenvalue weighted by molar-refractivity contribution is 0.787. The first-order valence-corrected chi connectivity index (χ1v) is 22.0. The van der Waals surface area contributed by atoms with Crippen molar-refractivity contribution in [2.45, 2.75) is 32.2 Å². The molecule has 0 saturated heterocycles. The van der Waals surface area contributed by atoms with Gasteiger partial charge in [-0.25, -0.2) is 0 Å². The Labute approximate surface area is 373 Å². The Balaban J connectivity index is 0.984. The topological polar surface area (TPSA) is 6.48 Å². The predicted molar refractivity (Wildman–Crippen MR) is 270 cm³/mol. The van der Waals surface area contributed by atoms with Gasteiger partial charge in [0.05, 0.1) is 6.04 Å². The highest BCUT2D eigenvalue weighted by molar-refractivity contribution is 5.79. The third-order valence-corrected chi connectivity index (χ3v) is 12.1. The van der Waals surface area contributed by atoms with E-state index in [-0.39, 0.29) is 6.04 Å². The summed E-state index contributed by atoms with van der Waals surface area (Å²) in [5.41, 5.74) is 17.8. The van der Waals surface area contributed by atoms with Crippen LogP contribution in [-0.2, 0) is 0 Å².